The predicted octanol–water partition coefficient (Wildman–Crippen LogP) is 5.20. The molecule has 0 aromatic heterocycles. The molecule has 0 N–H and O–H groups in total. The van der Waals surface area contributed by atoms with E-state index in [1.165, 1.54) is 11.1 Å². The molecule has 0 fully saturated rings. The van der Waals surface area contributed by atoms with Crippen molar-refractivity contribution in [1.29, 1.82) is 0 Å². The van der Waals surface area contributed by atoms with Gasteiger partial charge in [-0.15, -0.1) is 0 Å². The van der Waals surface area contributed by atoms with Gasteiger partial charge in [-0.05, 0) is 48.2 Å². The Morgan fingerprint density at radius 2 is 1.83 bits per heavy atom. The van der Waals surface area contributed by atoms with E-state index < -0.39 is 0 Å². The molecule has 0 spiro atoms. The molecule has 18 heavy (non-hydrogen) atoms. The molecular weight excluding hydrogens is 288 g/mol. The molecule has 0 radical (unpaired) electrons. The molecule has 0 amide bonds. The minimum atomic E-state index is 0.865. The fourth-order valence-electron chi connectivity index (χ4n) is 2.17. The Kier molecular flexibility index (Phi) is 3.20. The Morgan fingerprint density at radius 3 is 2.67 bits per heavy atom. The molecule has 90 valence electrons. The third kappa shape index (κ3) is 2.34. The highest BCUT2D eigenvalue weighted by atomic mass is 79.9. The van der Waals surface area contributed by atoms with Crippen molar-refractivity contribution in [3.63, 3.8) is 0 Å². The molecule has 0 atom stereocenters. The van der Waals surface area contributed by atoms with Crippen molar-refractivity contribution >= 4 is 22.0 Å². The first kappa shape index (κ1) is 11.5. The summed E-state index contributed by atoms with van der Waals surface area (Å²) in [5, 5.41) is 0. The first-order chi connectivity index (χ1) is 8.83. The van der Waals surface area contributed by atoms with Crippen molar-refractivity contribution in [2.24, 2.45) is 0 Å². The number of hydrogen-bond donors (Lipinski definition) is 0. The lowest BCUT2D eigenvalue weighted by molar-refractivity contribution is 0.482. The Bertz CT molecular complexity index is 588. The van der Waals surface area contributed by atoms with Gasteiger partial charge in [0, 0.05) is 4.47 Å². The van der Waals surface area contributed by atoms with Crippen LogP contribution in [0, 0.1) is 0 Å². The highest BCUT2D eigenvalue weighted by molar-refractivity contribution is 9.10. The van der Waals surface area contributed by atoms with Gasteiger partial charge in [-0.2, -0.15) is 0 Å². The fourth-order valence-corrected chi connectivity index (χ4v) is 2.82. The minimum Gasteiger partial charge on any atom is -0.457 e. The quantitative estimate of drug-likeness (QED) is 0.740. The standard InChI is InChI=1S/C16H13BrO/c17-16-11-14(18-13-7-2-1-3-8-13)10-12-6-4-5-9-15(12)16/h1-4,6-8,10-11H,5,9H2. The monoisotopic (exact) mass is 300 g/mol. The maximum absolute atomic E-state index is 5.86. The van der Waals surface area contributed by atoms with E-state index >= 15 is 0 Å². The molecule has 0 saturated carbocycles. The molecule has 1 aliphatic rings. The SMILES string of the molecule is Brc1cc(Oc2ccccc2)cc2c1CCC=C2. The highest BCUT2D eigenvalue weighted by Crippen LogP contribution is 2.33. The zero-order chi connectivity index (χ0) is 12.4. The van der Waals surface area contributed by atoms with Gasteiger partial charge in [-0.1, -0.05) is 46.3 Å². The van der Waals surface area contributed by atoms with Gasteiger partial charge < -0.3 is 4.74 Å². The molecule has 1 aliphatic carbocycles. The molecule has 0 saturated heterocycles. The van der Waals surface area contributed by atoms with Gasteiger partial charge in [0.15, 0.2) is 0 Å². The number of rotatable bonds is 2. The number of allylic oxidation sites excluding steroid dienone is 1. The fraction of sp³-hybridized carbons (Fsp3) is 0.125. The van der Waals surface area contributed by atoms with Crippen LogP contribution in [0.2, 0.25) is 0 Å². The van der Waals surface area contributed by atoms with E-state index in [1.54, 1.807) is 0 Å². The summed E-state index contributed by atoms with van der Waals surface area (Å²) in [5.41, 5.74) is 2.62. The Labute approximate surface area is 115 Å². The summed E-state index contributed by atoms with van der Waals surface area (Å²) in [5.74, 6) is 1.74. The second-order valence-electron chi connectivity index (χ2n) is 4.33. The van der Waals surface area contributed by atoms with Crippen LogP contribution in [0.1, 0.15) is 17.5 Å². The molecule has 0 aliphatic heterocycles. The van der Waals surface area contributed by atoms with Crippen LogP contribution in [0.5, 0.6) is 11.5 Å². The number of hydrogen-bond acceptors (Lipinski definition) is 1. The van der Waals surface area contributed by atoms with Crippen molar-refractivity contribution in [2.45, 2.75) is 12.8 Å². The average Bonchev–Trinajstić information content (AvgIpc) is 2.40. The molecule has 0 bridgehead atoms. The molecule has 3 rings (SSSR count). The first-order valence-electron chi connectivity index (χ1n) is 6.05. The third-order valence-electron chi connectivity index (χ3n) is 3.04. The van der Waals surface area contributed by atoms with Crippen LogP contribution in [-0.4, -0.2) is 0 Å². The minimum absolute atomic E-state index is 0.865. The van der Waals surface area contributed by atoms with Crippen LogP contribution >= 0.6 is 15.9 Å². The summed E-state index contributed by atoms with van der Waals surface area (Å²) in [4.78, 5) is 0. The summed E-state index contributed by atoms with van der Waals surface area (Å²) >= 11 is 3.63. The highest BCUT2D eigenvalue weighted by Gasteiger charge is 2.11. The Balaban J connectivity index is 1.95. The summed E-state index contributed by atoms with van der Waals surface area (Å²) in [6.07, 6.45) is 6.59. The molecule has 1 nitrogen and oxygen atoms in total. The average molecular weight is 301 g/mol. The summed E-state index contributed by atoms with van der Waals surface area (Å²) in [6, 6.07) is 14.0. The van der Waals surface area contributed by atoms with Crippen molar-refractivity contribution in [1.82, 2.24) is 0 Å². The van der Waals surface area contributed by atoms with E-state index in [-0.39, 0.29) is 0 Å². The van der Waals surface area contributed by atoms with Gasteiger partial charge in [0.25, 0.3) is 0 Å². The van der Waals surface area contributed by atoms with E-state index in [0.717, 1.165) is 28.8 Å². The number of benzene rings is 2. The number of halogens is 1. The van der Waals surface area contributed by atoms with Gasteiger partial charge >= 0.3 is 0 Å². The van der Waals surface area contributed by atoms with Crippen LogP contribution < -0.4 is 4.74 Å². The van der Waals surface area contributed by atoms with Crippen LogP contribution in [0.15, 0.2) is 53.0 Å². The lowest BCUT2D eigenvalue weighted by Crippen LogP contribution is -1.96. The topological polar surface area (TPSA) is 9.23 Å². The molecule has 2 heteroatoms. The first-order valence-corrected chi connectivity index (χ1v) is 6.84. The van der Waals surface area contributed by atoms with Gasteiger partial charge in [-0.3, -0.25) is 0 Å². The van der Waals surface area contributed by atoms with E-state index in [4.69, 9.17) is 4.74 Å². The zero-order valence-electron chi connectivity index (χ0n) is 9.90. The molecule has 0 heterocycles. The number of fused-ring (bicyclic) bond motifs is 1. The van der Waals surface area contributed by atoms with Crippen LogP contribution in [0.4, 0.5) is 0 Å². The van der Waals surface area contributed by atoms with Crippen LogP contribution in [0.3, 0.4) is 0 Å². The second kappa shape index (κ2) is 4.99. The van der Waals surface area contributed by atoms with E-state index in [1.807, 2.05) is 36.4 Å². The molecule has 0 unspecified atom stereocenters. The van der Waals surface area contributed by atoms with Gasteiger partial charge in [0.2, 0.25) is 0 Å². The molecule has 2 aromatic carbocycles. The summed E-state index contributed by atoms with van der Waals surface area (Å²) in [6.45, 7) is 0. The largest absolute Gasteiger partial charge is 0.457 e. The Morgan fingerprint density at radius 1 is 1.00 bits per heavy atom. The molecular formula is C16H13BrO. The van der Waals surface area contributed by atoms with Gasteiger partial charge in [0.05, 0.1) is 0 Å². The number of para-hydroxylation sites is 1. The maximum atomic E-state index is 5.86. The molecule has 2 aromatic rings. The van der Waals surface area contributed by atoms with Crippen LogP contribution in [-0.2, 0) is 6.42 Å². The maximum Gasteiger partial charge on any atom is 0.129 e. The van der Waals surface area contributed by atoms with Crippen molar-refractivity contribution < 1.29 is 4.74 Å². The van der Waals surface area contributed by atoms with Crippen molar-refractivity contribution in [3.05, 3.63) is 64.1 Å². The number of ether oxygens (including phenoxy) is 1. The Hall–Kier alpha value is -1.54. The van der Waals surface area contributed by atoms with E-state index in [2.05, 4.69) is 34.1 Å². The zero-order valence-corrected chi connectivity index (χ0v) is 11.5. The summed E-state index contributed by atoms with van der Waals surface area (Å²) in [7, 11) is 0. The normalized spacial score (nSPS) is 13.2. The van der Waals surface area contributed by atoms with Crippen LogP contribution in [0.25, 0.3) is 6.08 Å². The van der Waals surface area contributed by atoms with Gasteiger partial charge in [-0.25, -0.2) is 0 Å². The van der Waals surface area contributed by atoms with E-state index in [0.29, 0.717) is 0 Å². The lowest BCUT2D eigenvalue weighted by Gasteiger charge is -2.15. The van der Waals surface area contributed by atoms with Crippen molar-refractivity contribution in [3.8, 4) is 11.5 Å². The predicted molar refractivity (Wildman–Crippen MR) is 78.0 cm³/mol. The van der Waals surface area contributed by atoms with E-state index in [9.17, 15) is 0 Å². The second-order valence-corrected chi connectivity index (χ2v) is 5.18. The summed E-state index contributed by atoms with van der Waals surface area (Å²) < 4.78 is 7.00. The smallest absolute Gasteiger partial charge is 0.129 e. The lowest BCUT2D eigenvalue weighted by atomic mass is 9.97. The van der Waals surface area contributed by atoms with Crippen molar-refractivity contribution in [2.75, 3.05) is 0 Å². The third-order valence-corrected chi connectivity index (χ3v) is 3.75. The van der Waals surface area contributed by atoms with Gasteiger partial charge in [0.1, 0.15) is 11.5 Å².